The van der Waals surface area contributed by atoms with E-state index >= 15 is 0 Å². The van der Waals surface area contributed by atoms with Crippen molar-refractivity contribution in [2.24, 2.45) is 5.92 Å². The predicted octanol–water partition coefficient (Wildman–Crippen LogP) is 5.17. The average Bonchev–Trinajstić information content (AvgIpc) is 3.54. The van der Waals surface area contributed by atoms with Crippen LogP contribution in [0.2, 0.25) is 5.28 Å². The monoisotopic (exact) mass is 847 g/mol. The van der Waals surface area contributed by atoms with Gasteiger partial charge < -0.3 is 39.2 Å². The number of fused-ring (bicyclic) bond motifs is 3. The highest BCUT2D eigenvalue weighted by atomic mass is 35.5. The van der Waals surface area contributed by atoms with Gasteiger partial charge >= 0.3 is 21.5 Å². The highest BCUT2D eigenvalue weighted by molar-refractivity contribution is 7.63. The lowest BCUT2D eigenvalue weighted by Crippen LogP contribution is -2.35. The van der Waals surface area contributed by atoms with Crippen LogP contribution in [0.15, 0.2) is 48.8 Å². The standard InChI is InChI=1S/C37H48ClN7O10P2/c1-4-44(5-2)16-15-24-17-25-13-9-10-14-26(25)27(18-24)54-56(48,43-22(3)36(47)51-19-23-11-7-6-8-12-23)55-57(49,50)52-20-28-32(46)29-31(33(29)53-28)45-21-40-30-34(39)41-37(38)42-35(30)45/h6-8,11-12,17-18,21-22,28-29,31-33,46H,4-5,9-10,13-16,19-20H2,1-3H3,(H,43,48)(H,49,50)(H2,39,41,42)/t22-,28+,29?,31-,32-,33?,56?/m0/s1. The first-order chi connectivity index (χ1) is 27.3. The van der Waals surface area contributed by atoms with Gasteiger partial charge in [-0.1, -0.05) is 50.2 Å². The zero-order valence-corrected chi connectivity index (χ0v) is 34.4. The number of esters is 1. The van der Waals surface area contributed by atoms with E-state index in [1.807, 2.05) is 6.07 Å². The summed E-state index contributed by atoms with van der Waals surface area (Å²) in [7, 11) is -10.1. The number of aliphatic hydroxyl groups is 1. The summed E-state index contributed by atoms with van der Waals surface area (Å²) in [4.78, 5) is 38.8. The molecule has 57 heavy (non-hydrogen) atoms. The van der Waals surface area contributed by atoms with E-state index in [1.54, 1.807) is 34.9 Å². The maximum Gasteiger partial charge on any atom is 0.481 e. The van der Waals surface area contributed by atoms with Crippen molar-refractivity contribution in [3.63, 3.8) is 0 Å². The number of ether oxygens (including phenoxy) is 2. The molecule has 0 spiro atoms. The van der Waals surface area contributed by atoms with Gasteiger partial charge in [0, 0.05) is 12.5 Å². The van der Waals surface area contributed by atoms with E-state index < -0.39 is 58.4 Å². The molecule has 8 atom stereocenters. The molecule has 17 nitrogen and oxygen atoms in total. The Kier molecular flexibility index (Phi) is 12.7. The van der Waals surface area contributed by atoms with Crippen molar-refractivity contribution in [3.8, 4) is 5.75 Å². The molecule has 1 saturated carbocycles. The fourth-order valence-electron chi connectivity index (χ4n) is 7.61. The molecule has 20 heteroatoms. The number of benzene rings is 2. The number of hydrogen-bond donors (Lipinski definition) is 4. The molecule has 2 aliphatic carbocycles. The van der Waals surface area contributed by atoms with Gasteiger partial charge in [-0.25, -0.2) is 14.1 Å². The summed E-state index contributed by atoms with van der Waals surface area (Å²) in [6, 6.07) is 11.2. The summed E-state index contributed by atoms with van der Waals surface area (Å²) in [6.07, 6.45) is 2.78. The number of carbonyl (C=O) groups is 1. The Bertz CT molecular complexity index is 2180. The van der Waals surface area contributed by atoms with Crippen molar-refractivity contribution >= 4 is 50.1 Å². The fraction of sp³-hybridized carbons (Fsp3) is 0.514. The minimum atomic E-state index is -5.23. The first-order valence-electron chi connectivity index (χ1n) is 19.1. The van der Waals surface area contributed by atoms with Crippen LogP contribution in [0.1, 0.15) is 61.9 Å². The zero-order valence-electron chi connectivity index (χ0n) is 31.9. The number of nitrogens with one attached hydrogen (secondary N) is 1. The third kappa shape index (κ3) is 9.55. The minimum Gasteiger partial charge on any atom is -0.460 e. The molecule has 4 aromatic rings. The number of nitrogens with two attached hydrogens (primary N) is 1. The number of phosphoric acid groups is 1. The number of aliphatic hydroxyl groups excluding tert-OH is 1. The fourth-order valence-corrected chi connectivity index (χ4v) is 10.8. The summed E-state index contributed by atoms with van der Waals surface area (Å²) in [5, 5.41) is 13.6. The molecule has 5 N–H and O–H groups in total. The molecule has 0 amide bonds. The molecule has 308 valence electrons. The van der Waals surface area contributed by atoms with Crippen LogP contribution in [-0.2, 0) is 58.1 Å². The van der Waals surface area contributed by atoms with Crippen molar-refractivity contribution in [3.05, 3.63) is 76.3 Å². The topological polar surface area (TPSA) is 223 Å². The Balaban J connectivity index is 1.07. The summed E-state index contributed by atoms with van der Waals surface area (Å²) >= 11 is 6.02. The highest BCUT2D eigenvalue weighted by Crippen LogP contribution is 2.62. The SMILES string of the molecule is CCN(CC)CCc1cc2c(c(OP(=O)(N[C@@H](C)C(=O)OCc3ccccc3)OP(=O)(O)OC[C@H]3OC4C([C@@H]4n4cnc5c(N)nc(Cl)nc54)[C@H]3O)c1)CCCC2. The summed E-state index contributed by atoms with van der Waals surface area (Å²) in [5.41, 5.74) is 10.2. The van der Waals surface area contributed by atoms with E-state index in [-0.39, 0.29) is 29.5 Å². The first kappa shape index (κ1) is 41.7. The third-order valence-electron chi connectivity index (χ3n) is 10.7. The molecule has 4 unspecified atom stereocenters. The van der Waals surface area contributed by atoms with Gasteiger partial charge in [-0.2, -0.15) is 19.4 Å². The van der Waals surface area contributed by atoms with E-state index in [9.17, 15) is 23.9 Å². The number of phosphoric ester groups is 1. The molecular formula is C37H48ClN7O10P2. The molecule has 1 saturated heterocycles. The number of nitrogen functional groups attached to an aromatic ring is 1. The van der Waals surface area contributed by atoms with E-state index in [0.29, 0.717) is 24.0 Å². The average molecular weight is 848 g/mol. The van der Waals surface area contributed by atoms with Gasteiger partial charge in [0.1, 0.15) is 30.0 Å². The Hall–Kier alpha value is -3.47. The van der Waals surface area contributed by atoms with Gasteiger partial charge in [0.25, 0.3) is 0 Å². The van der Waals surface area contributed by atoms with E-state index in [2.05, 4.69) is 44.9 Å². The second-order valence-corrected chi connectivity index (χ2v) is 18.1. The Morgan fingerprint density at radius 2 is 1.89 bits per heavy atom. The Morgan fingerprint density at radius 3 is 2.61 bits per heavy atom. The lowest BCUT2D eigenvalue weighted by Gasteiger charge is -2.28. The number of likely N-dealkylation sites (N-methyl/N-ethyl adjacent to an activating group) is 1. The number of hydrogen-bond acceptors (Lipinski definition) is 14. The first-order valence-corrected chi connectivity index (χ1v) is 22.5. The number of anilines is 1. The van der Waals surface area contributed by atoms with Crippen LogP contribution in [0.5, 0.6) is 5.75 Å². The molecule has 7 rings (SSSR count). The normalized spacial score (nSPS) is 24.0. The summed E-state index contributed by atoms with van der Waals surface area (Å²) in [5.74, 6) is -0.890. The van der Waals surface area contributed by atoms with Crippen molar-refractivity contribution in [2.45, 2.75) is 89.9 Å². The summed E-state index contributed by atoms with van der Waals surface area (Å²) in [6.45, 7) is 7.48. The number of halogens is 1. The molecule has 2 aromatic heterocycles. The third-order valence-corrected chi connectivity index (χ3v) is 14.1. The van der Waals surface area contributed by atoms with Crippen molar-refractivity contribution in [1.29, 1.82) is 0 Å². The van der Waals surface area contributed by atoms with Gasteiger partial charge in [0.05, 0.1) is 31.2 Å². The number of carbonyl (C=O) groups excluding carboxylic acids is 1. The zero-order chi connectivity index (χ0) is 40.5. The van der Waals surface area contributed by atoms with Gasteiger partial charge in [-0.15, -0.1) is 0 Å². The van der Waals surface area contributed by atoms with Crippen LogP contribution >= 0.6 is 27.2 Å². The van der Waals surface area contributed by atoms with E-state index in [0.717, 1.165) is 61.2 Å². The maximum absolute atomic E-state index is 14.7. The van der Waals surface area contributed by atoms with Crippen LogP contribution in [0.25, 0.3) is 11.2 Å². The van der Waals surface area contributed by atoms with Gasteiger partial charge in [-0.05, 0) is 92.0 Å². The van der Waals surface area contributed by atoms with Crippen LogP contribution in [0.3, 0.4) is 0 Å². The van der Waals surface area contributed by atoms with Gasteiger partial charge in [0.15, 0.2) is 11.5 Å². The lowest BCUT2D eigenvalue weighted by atomic mass is 9.89. The maximum atomic E-state index is 14.7. The Morgan fingerprint density at radius 1 is 1.14 bits per heavy atom. The number of imidazole rings is 1. The van der Waals surface area contributed by atoms with Crippen molar-refractivity contribution in [2.75, 3.05) is 32.0 Å². The molecule has 3 aliphatic rings. The van der Waals surface area contributed by atoms with Crippen LogP contribution < -0.4 is 15.3 Å². The molecule has 2 aromatic carbocycles. The smallest absolute Gasteiger partial charge is 0.460 e. The van der Waals surface area contributed by atoms with Crippen molar-refractivity contribution in [1.82, 2.24) is 29.5 Å². The molecular weight excluding hydrogens is 800 g/mol. The van der Waals surface area contributed by atoms with Crippen LogP contribution in [-0.4, -0.2) is 91.0 Å². The predicted molar refractivity (Wildman–Crippen MR) is 210 cm³/mol. The lowest BCUT2D eigenvalue weighted by molar-refractivity contribution is -0.146. The van der Waals surface area contributed by atoms with E-state index in [1.165, 1.54) is 13.3 Å². The minimum absolute atomic E-state index is 0.0550. The van der Waals surface area contributed by atoms with Gasteiger partial charge in [0.2, 0.25) is 5.28 Å². The number of rotatable bonds is 18. The quantitative estimate of drug-likeness (QED) is 0.0576. The second-order valence-electron chi connectivity index (χ2n) is 14.5. The van der Waals surface area contributed by atoms with Gasteiger partial charge in [-0.3, -0.25) is 9.32 Å². The second kappa shape index (κ2) is 17.4. The number of aryl methyl sites for hydroxylation is 1. The number of nitrogens with zero attached hydrogens (tertiary/aromatic N) is 5. The molecule has 0 radical (unpaired) electrons. The highest BCUT2D eigenvalue weighted by Gasteiger charge is 2.65. The molecule has 2 fully saturated rings. The Labute approximate surface area is 335 Å². The molecule has 3 heterocycles. The van der Waals surface area contributed by atoms with Crippen molar-refractivity contribution < 1.29 is 46.8 Å². The number of aromatic nitrogens is 4. The summed E-state index contributed by atoms with van der Waals surface area (Å²) < 4.78 is 58.2. The van der Waals surface area contributed by atoms with E-state index in [4.69, 9.17) is 40.2 Å². The van der Waals surface area contributed by atoms with Crippen LogP contribution in [0, 0.1) is 5.92 Å². The largest absolute Gasteiger partial charge is 0.481 e. The molecule has 0 bridgehead atoms. The molecule has 1 aliphatic heterocycles. The van der Waals surface area contributed by atoms with Crippen LogP contribution in [0.4, 0.5) is 5.82 Å².